The van der Waals surface area contributed by atoms with Crippen LogP contribution in [-0.2, 0) is 11.2 Å². The number of H-pyrrole nitrogens is 1. The molecule has 0 saturated carbocycles. The van der Waals surface area contributed by atoms with E-state index in [2.05, 4.69) is 15.4 Å². The molecule has 0 aliphatic heterocycles. The highest BCUT2D eigenvalue weighted by molar-refractivity contribution is 7.16. The SMILES string of the molecule is CCOC(=O)c1cc(CC)sc1NC(=O)c1nn(-c2ccccc2)c(=O)[nH]1. The maximum atomic E-state index is 12.5. The van der Waals surface area contributed by atoms with Crippen molar-refractivity contribution in [2.24, 2.45) is 0 Å². The van der Waals surface area contributed by atoms with E-state index in [1.165, 1.54) is 11.3 Å². The van der Waals surface area contributed by atoms with Crippen molar-refractivity contribution in [3.8, 4) is 5.69 Å². The van der Waals surface area contributed by atoms with Crippen LogP contribution in [0.2, 0.25) is 0 Å². The van der Waals surface area contributed by atoms with E-state index in [4.69, 9.17) is 4.74 Å². The number of aromatic nitrogens is 3. The summed E-state index contributed by atoms with van der Waals surface area (Å²) in [6.45, 7) is 3.90. The van der Waals surface area contributed by atoms with Crippen molar-refractivity contribution in [1.29, 1.82) is 0 Å². The Kier molecular flexibility index (Phi) is 5.51. The van der Waals surface area contributed by atoms with Gasteiger partial charge in [-0.1, -0.05) is 25.1 Å². The van der Waals surface area contributed by atoms with Gasteiger partial charge in [0.1, 0.15) is 5.00 Å². The Morgan fingerprint density at radius 2 is 2.00 bits per heavy atom. The Labute approximate surface area is 158 Å². The zero-order chi connectivity index (χ0) is 19.4. The number of aromatic amines is 1. The molecule has 2 heterocycles. The lowest BCUT2D eigenvalue weighted by Gasteiger charge is -2.04. The molecule has 0 atom stereocenters. The number of carbonyl (C=O) groups excluding carboxylic acids is 2. The number of aryl methyl sites for hydroxylation is 1. The molecule has 0 aliphatic rings. The second kappa shape index (κ2) is 8.00. The van der Waals surface area contributed by atoms with Crippen molar-refractivity contribution in [2.45, 2.75) is 20.3 Å². The van der Waals surface area contributed by atoms with Crippen molar-refractivity contribution in [2.75, 3.05) is 11.9 Å². The fraction of sp³-hybridized carbons (Fsp3) is 0.222. The fourth-order valence-corrected chi connectivity index (χ4v) is 3.38. The third-order valence-electron chi connectivity index (χ3n) is 3.69. The smallest absolute Gasteiger partial charge is 0.348 e. The van der Waals surface area contributed by atoms with Crippen LogP contribution >= 0.6 is 11.3 Å². The third kappa shape index (κ3) is 3.98. The molecule has 0 aliphatic carbocycles. The summed E-state index contributed by atoms with van der Waals surface area (Å²) >= 11 is 1.28. The van der Waals surface area contributed by atoms with Gasteiger partial charge in [0.2, 0.25) is 5.82 Å². The fourth-order valence-electron chi connectivity index (χ4n) is 2.40. The van der Waals surface area contributed by atoms with Gasteiger partial charge in [0.15, 0.2) is 0 Å². The molecular formula is C18H18N4O4S. The number of benzene rings is 1. The van der Waals surface area contributed by atoms with Gasteiger partial charge in [-0.15, -0.1) is 16.4 Å². The molecule has 0 fully saturated rings. The highest BCUT2D eigenvalue weighted by Gasteiger charge is 2.21. The lowest BCUT2D eigenvalue weighted by atomic mass is 10.2. The average Bonchev–Trinajstić information content (AvgIpc) is 3.26. The number of hydrogen-bond donors (Lipinski definition) is 2. The first-order chi connectivity index (χ1) is 13.0. The largest absolute Gasteiger partial charge is 0.462 e. The number of nitrogens with zero attached hydrogens (tertiary/aromatic N) is 2. The topological polar surface area (TPSA) is 106 Å². The van der Waals surface area contributed by atoms with Gasteiger partial charge in [0, 0.05) is 4.88 Å². The van der Waals surface area contributed by atoms with Gasteiger partial charge in [0.05, 0.1) is 17.9 Å². The van der Waals surface area contributed by atoms with E-state index < -0.39 is 17.6 Å². The molecule has 1 amide bonds. The average molecular weight is 386 g/mol. The van der Waals surface area contributed by atoms with Gasteiger partial charge in [-0.3, -0.25) is 9.78 Å². The second-order valence-electron chi connectivity index (χ2n) is 5.51. The second-order valence-corrected chi connectivity index (χ2v) is 6.65. The quantitative estimate of drug-likeness (QED) is 0.634. The Morgan fingerprint density at radius 1 is 1.26 bits per heavy atom. The van der Waals surface area contributed by atoms with Crippen molar-refractivity contribution in [1.82, 2.24) is 14.8 Å². The first-order valence-electron chi connectivity index (χ1n) is 8.39. The number of ether oxygens (including phenoxy) is 1. The Hall–Kier alpha value is -3.20. The molecule has 0 radical (unpaired) electrons. The number of amides is 1. The van der Waals surface area contributed by atoms with Crippen molar-refractivity contribution in [3.05, 3.63) is 63.1 Å². The van der Waals surface area contributed by atoms with E-state index in [-0.39, 0.29) is 18.0 Å². The summed E-state index contributed by atoms with van der Waals surface area (Å²) in [4.78, 5) is 40.1. The maximum Gasteiger partial charge on any atom is 0.348 e. The molecule has 0 bridgehead atoms. The zero-order valence-corrected chi connectivity index (χ0v) is 15.6. The Morgan fingerprint density at radius 3 is 2.67 bits per heavy atom. The Bertz CT molecular complexity index is 1020. The highest BCUT2D eigenvalue weighted by Crippen LogP contribution is 2.29. The summed E-state index contributed by atoms with van der Waals surface area (Å²) in [5.74, 6) is -1.27. The van der Waals surface area contributed by atoms with Gasteiger partial charge < -0.3 is 10.1 Å². The number of esters is 1. The minimum Gasteiger partial charge on any atom is -0.462 e. The standard InChI is InChI=1S/C18H18N4O4S/c1-3-12-10-13(17(24)26-4-2)16(27-12)20-15(23)14-19-18(25)22(21-14)11-8-6-5-7-9-11/h5-10H,3-4H2,1-2H3,(H,20,23)(H,19,21,25). The molecule has 3 rings (SSSR count). The summed E-state index contributed by atoms with van der Waals surface area (Å²) in [6.07, 6.45) is 0.715. The molecule has 0 saturated heterocycles. The number of nitrogens with one attached hydrogen (secondary N) is 2. The zero-order valence-electron chi connectivity index (χ0n) is 14.8. The predicted molar refractivity (Wildman–Crippen MR) is 102 cm³/mol. The van der Waals surface area contributed by atoms with Gasteiger partial charge in [-0.2, -0.15) is 4.68 Å². The molecule has 0 unspecified atom stereocenters. The molecule has 8 nitrogen and oxygen atoms in total. The van der Waals surface area contributed by atoms with Crippen LogP contribution < -0.4 is 11.0 Å². The summed E-state index contributed by atoms with van der Waals surface area (Å²) in [7, 11) is 0. The molecule has 27 heavy (non-hydrogen) atoms. The number of rotatable bonds is 6. The van der Waals surface area contributed by atoms with Crippen LogP contribution in [0.5, 0.6) is 0 Å². The predicted octanol–water partition coefficient (Wildman–Crippen LogP) is 2.61. The van der Waals surface area contributed by atoms with Gasteiger partial charge in [-0.25, -0.2) is 9.59 Å². The minimum atomic E-state index is -0.614. The van der Waals surface area contributed by atoms with Crippen LogP contribution in [0.15, 0.2) is 41.2 Å². The molecule has 2 N–H and O–H groups in total. The van der Waals surface area contributed by atoms with Crippen LogP contribution in [0.1, 0.15) is 39.7 Å². The molecule has 0 spiro atoms. The molecule has 1 aromatic carbocycles. The lowest BCUT2D eigenvalue weighted by Crippen LogP contribution is -2.16. The van der Waals surface area contributed by atoms with E-state index in [1.807, 2.05) is 13.0 Å². The monoisotopic (exact) mass is 386 g/mol. The normalized spacial score (nSPS) is 10.6. The van der Waals surface area contributed by atoms with Crippen molar-refractivity contribution in [3.63, 3.8) is 0 Å². The number of thiophene rings is 1. The third-order valence-corrected chi connectivity index (χ3v) is 4.88. The van der Waals surface area contributed by atoms with Crippen LogP contribution in [0.25, 0.3) is 5.69 Å². The number of hydrogen-bond acceptors (Lipinski definition) is 6. The Balaban J connectivity index is 1.87. The molecule has 9 heteroatoms. The first kappa shape index (κ1) is 18.6. The summed E-state index contributed by atoms with van der Waals surface area (Å²) in [6, 6.07) is 10.4. The summed E-state index contributed by atoms with van der Waals surface area (Å²) in [5, 5.41) is 7.05. The van der Waals surface area contributed by atoms with Crippen LogP contribution in [0, 0.1) is 0 Å². The van der Waals surface area contributed by atoms with E-state index in [1.54, 1.807) is 37.3 Å². The van der Waals surface area contributed by atoms with Crippen LogP contribution in [0.4, 0.5) is 5.00 Å². The number of carbonyl (C=O) groups is 2. The van der Waals surface area contributed by atoms with E-state index in [0.717, 1.165) is 9.56 Å². The van der Waals surface area contributed by atoms with Gasteiger partial charge in [-0.05, 0) is 31.5 Å². The summed E-state index contributed by atoms with van der Waals surface area (Å²) < 4.78 is 6.14. The van der Waals surface area contributed by atoms with Crippen molar-refractivity contribution >= 4 is 28.2 Å². The van der Waals surface area contributed by atoms with Gasteiger partial charge >= 0.3 is 11.7 Å². The minimum absolute atomic E-state index is 0.148. The number of anilines is 1. The lowest BCUT2D eigenvalue weighted by molar-refractivity contribution is 0.0528. The van der Waals surface area contributed by atoms with Crippen LogP contribution in [-0.4, -0.2) is 33.2 Å². The first-order valence-corrected chi connectivity index (χ1v) is 9.21. The van der Waals surface area contributed by atoms with Gasteiger partial charge in [0.25, 0.3) is 5.91 Å². The van der Waals surface area contributed by atoms with Crippen LogP contribution in [0.3, 0.4) is 0 Å². The molecular weight excluding hydrogens is 368 g/mol. The highest BCUT2D eigenvalue weighted by atomic mass is 32.1. The van der Waals surface area contributed by atoms with E-state index in [9.17, 15) is 14.4 Å². The van der Waals surface area contributed by atoms with Crippen molar-refractivity contribution < 1.29 is 14.3 Å². The molecule has 2 aromatic heterocycles. The van der Waals surface area contributed by atoms with E-state index >= 15 is 0 Å². The molecule has 140 valence electrons. The molecule has 3 aromatic rings. The number of para-hydroxylation sites is 1. The van der Waals surface area contributed by atoms with E-state index in [0.29, 0.717) is 17.1 Å². The maximum absolute atomic E-state index is 12.5. The summed E-state index contributed by atoms with van der Waals surface area (Å²) in [5.41, 5.74) is 0.295.